The highest BCUT2D eigenvalue weighted by molar-refractivity contribution is 5.95. The molecule has 0 unspecified atom stereocenters. The summed E-state index contributed by atoms with van der Waals surface area (Å²) in [7, 11) is 1.94. The zero-order valence-electron chi connectivity index (χ0n) is 12.6. The van der Waals surface area contributed by atoms with Crippen LogP contribution in [0.5, 0.6) is 0 Å². The largest absolute Gasteiger partial charge is 0.316 e. The number of nitrogens with zero attached hydrogens (tertiary/aromatic N) is 2. The molecular formula is C18H19N3. The average molecular weight is 277 g/mol. The third-order valence-electron chi connectivity index (χ3n) is 3.80. The SMILES string of the molecule is CNCc1c(C)nc(-c2cccc3ccccc23)nc1C. The van der Waals surface area contributed by atoms with Gasteiger partial charge in [-0.1, -0.05) is 42.5 Å². The van der Waals surface area contributed by atoms with Crippen LogP contribution in [0.4, 0.5) is 0 Å². The quantitative estimate of drug-likeness (QED) is 0.794. The zero-order chi connectivity index (χ0) is 14.8. The van der Waals surface area contributed by atoms with E-state index in [1.807, 2.05) is 7.05 Å². The molecule has 2 aromatic carbocycles. The predicted molar refractivity (Wildman–Crippen MR) is 87.2 cm³/mol. The van der Waals surface area contributed by atoms with Gasteiger partial charge in [-0.25, -0.2) is 9.97 Å². The lowest BCUT2D eigenvalue weighted by atomic mass is 10.0. The van der Waals surface area contributed by atoms with Gasteiger partial charge < -0.3 is 5.32 Å². The van der Waals surface area contributed by atoms with Crippen LogP contribution in [-0.2, 0) is 6.54 Å². The Morgan fingerprint density at radius 2 is 1.57 bits per heavy atom. The second-order valence-electron chi connectivity index (χ2n) is 5.25. The van der Waals surface area contributed by atoms with Gasteiger partial charge in [0.1, 0.15) is 0 Å². The van der Waals surface area contributed by atoms with E-state index in [9.17, 15) is 0 Å². The molecule has 0 fully saturated rings. The number of nitrogens with one attached hydrogen (secondary N) is 1. The number of fused-ring (bicyclic) bond motifs is 1. The molecule has 0 atom stereocenters. The lowest BCUT2D eigenvalue weighted by molar-refractivity contribution is 0.787. The van der Waals surface area contributed by atoms with Crippen molar-refractivity contribution >= 4 is 10.8 Å². The molecule has 0 radical (unpaired) electrons. The van der Waals surface area contributed by atoms with Crippen LogP contribution in [0.3, 0.4) is 0 Å². The zero-order valence-corrected chi connectivity index (χ0v) is 12.6. The van der Waals surface area contributed by atoms with E-state index in [2.05, 4.69) is 61.6 Å². The molecule has 3 nitrogen and oxygen atoms in total. The minimum absolute atomic E-state index is 0.799. The highest BCUT2D eigenvalue weighted by atomic mass is 14.9. The van der Waals surface area contributed by atoms with Crippen LogP contribution in [0.25, 0.3) is 22.2 Å². The Hall–Kier alpha value is -2.26. The molecule has 0 bridgehead atoms. The van der Waals surface area contributed by atoms with E-state index < -0.39 is 0 Å². The van der Waals surface area contributed by atoms with E-state index in [0.717, 1.165) is 29.3 Å². The Morgan fingerprint density at radius 1 is 0.905 bits per heavy atom. The van der Waals surface area contributed by atoms with Crippen molar-refractivity contribution in [2.24, 2.45) is 0 Å². The molecule has 106 valence electrons. The number of benzene rings is 2. The van der Waals surface area contributed by atoms with Gasteiger partial charge in [0.05, 0.1) is 0 Å². The molecule has 1 N–H and O–H groups in total. The average Bonchev–Trinajstić information content (AvgIpc) is 2.50. The van der Waals surface area contributed by atoms with Crippen molar-refractivity contribution in [1.29, 1.82) is 0 Å². The second-order valence-corrected chi connectivity index (χ2v) is 5.25. The number of hydrogen-bond donors (Lipinski definition) is 1. The van der Waals surface area contributed by atoms with Crippen LogP contribution >= 0.6 is 0 Å². The van der Waals surface area contributed by atoms with Crippen molar-refractivity contribution in [3.05, 3.63) is 59.4 Å². The van der Waals surface area contributed by atoms with E-state index in [-0.39, 0.29) is 0 Å². The first-order valence-corrected chi connectivity index (χ1v) is 7.17. The van der Waals surface area contributed by atoms with E-state index in [0.29, 0.717) is 0 Å². The molecule has 0 saturated heterocycles. The monoisotopic (exact) mass is 277 g/mol. The van der Waals surface area contributed by atoms with Crippen LogP contribution in [0.2, 0.25) is 0 Å². The van der Waals surface area contributed by atoms with Crippen LogP contribution in [0.15, 0.2) is 42.5 Å². The number of aromatic nitrogens is 2. The van der Waals surface area contributed by atoms with E-state index >= 15 is 0 Å². The van der Waals surface area contributed by atoms with Crippen molar-refractivity contribution in [3.8, 4) is 11.4 Å². The molecule has 1 aromatic heterocycles. The van der Waals surface area contributed by atoms with Crippen LogP contribution < -0.4 is 5.32 Å². The smallest absolute Gasteiger partial charge is 0.160 e. The van der Waals surface area contributed by atoms with Gasteiger partial charge in [-0.15, -0.1) is 0 Å². The summed E-state index contributed by atoms with van der Waals surface area (Å²) in [5.41, 5.74) is 4.36. The van der Waals surface area contributed by atoms with Crippen LogP contribution in [0, 0.1) is 13.8 Å². The minimum Gasteiger partial charge on any atom is -0.316 e. The Kier molecular flexibility index (Phi) is 3.67. The highest BCUT2D eigenvalue weighted by Crippen LogP contribution is 2.27. The Balaban J connectivity index is 2.20. The molecule has 0 aliphatic heterocycles. The van der Waals surface area contributed by atoms with Crippen LogP contribution in [0.1, 0.15) is 17.0 Å². The molecule has 0 amide bonds. The fourth-order valence-electron chi connectivity index (χ4n) is 2.71. The number of hydrogen-bond acceptors (Lipinski definition) is 3. The van der Waals surface area contributed by atoms with Crippen molar-refractivity contribution < 1.29 is 0 Å². The van der Waals surface area contributed by atoms with Crippen molar-refractivity contribution in [1.82, 2.24) is 15.3 Å². The maximum atomic E-state index is 4.72. The Morgan fingerprint density at radius 3 is 2.29 bits per heavy atom. The molecule has 0 aliphatic rings. The molecule has 3 rings (SSSR count). The molecular weight excluding hydrogens is 258 g/mol. The van der Waals surface area contributed by atoms with Crippen molar-refractivity contribution in [2.75, 3.05) is 7.05 Å². The number of aryl methyl sites for hydroxylation is 2. The lowest BCUT2D eigenvalue weighted by Gasteiger charge is -2.12. The topological polar surface area (TPSA) is 37.8 Å². The minimum atomic E-state index is 0.799. The van der Waals surface area contributed by atoms with E-state index in [4.69, 9.17) is 9.97 Å². The summed E-state index contributed by atoms with van der Waals surface area (Å²) in [4.78, 5) is 9.44. The van der Waals surface area contributed by atoms with Crippen LogP contribution in [-0.4, -0.2) is 17.0 Å². The van der Waals surface area contributed by atoms with Gasteiger partial charge in [0.2, 0.25) is 0 Å². The lowest BCUT2D eigenvalue weighted by Crippen LogP contribution is -2.11. The summed E-state index contributed by atoms with van der Waals surface area (Å²) in [5.74, 6) is 0.807. The Labute approximate surface area is 125 Å². The van der Waals surface area contributed by atoms with Gasteiger partial charge in [0, 0.05) is 29.1 Å². The summed E-state index contributed by atoms with van der Waals surface area (Å²) in [6.07, 6.45) is 0. The predicted octanol–water partition coefficient (Wildman–Crippen LogP) is 3.63. The molecule has 3 aromatic rings. The van der Waals surface area contributed by atoms with Gasteiger partial charge in [-0.05, 0) is 31.7 Å². The van der Waals surface area contributed by atoms with Gasteiger partial charge in [-0.2, -0.15) is 0 Å². The third-order valence-corrected chi connectivity index (χ3v) is 3.80. The fraction of sp³-hybridized carbons (Fsp3) is 0.222. The third kappa shape index (κ3) is 2.52. The maximum Gasteiger partial charge on any atom is 0.160 e. The van der Waals surface area contributed by atoms with E-state index in [1.165, 1.54) is 16.3 Å². The first-order valence-electron chi connectivity index (χ1n) is 7.17. The van der Waals surface area contributed by atoms with Gasteiger partial charge in [0.15, 0.2) is 5.82 Å². The van der Waals surface area contributed by atoms with Crippen molar-refractivity contribution in [3.63, 3.8) is 0 Å². The molecule has 3 heteroatoms. The summed E-state index contributed by atoms with van der Waals surface area (Å²) in [6, 6.07) is 14.6. The first kappa shape index (κ1) is 13.7. The fourth-order valence-corrected chi connectivity index (χ4v) is 2.71. The molecule has 1 heterocycles. The van der Waals surface area contributed by atoms with Gasteiger partial charge in [0.25, 0.3) is 0 Å². The van der Waals surface area contributed by atoms with Gasteiger partial charge in [-0.3, -0.25) is 0 Å². The van der Waals surface area contributed by atoms with Crippen molar-refractivity contribution in [2.45, 2.75) is 20.4 Å². The molecule has 21 heavy (non-hydrogen) atoms. The van der Waals surface area contributed by atoms with Gasteiger partial charge >= 0.3 is 0 Å². The maximum absolute atomic E-state index is 4.72. The summed E-state index contributed by atoms with van der Waals surface area (Å²) in [6.45, 7) is 4.90. The number of rotatable bonds is 3. The Bertz CT molecular complexity index is 765. The highest BCUT2D eigenvalue weighted by Gasteiger charge is 2.11. The summed E-state index contributed by atoms with van der Waals surface area (Å²) < 4.78 is 0. The first-order chi connectivity index (χ1) is 10.2. The van der Waals surface area contributed by atoms with E-state index in [1.54, 1.807) is 0 Å². The molecule has 0 saturated carbocycles. The molecule has 0 aliphatic carbocycles. The normalized spacial score (nSPS) is 11.0. The summed E-state index contributed by atoms with van der Waals surface area (Å²) in [5, 5.41) is 5.59. The second kappa shape index (κ2) is 5.62. The summed E-state index contributed by atoms with van der Waals surface area (Å²) >= 11 is 0. The molecule has 0 spiro atoms. The standard InChI is InChI=1S/C18H19N3/c1-12-17(11-19-3)13(2)21-18(20-12)16-10-6-8-14-7-4-5-9-15(14)16/h4-10,19H,11H2,1-3H3.